The molecule has 0 spiro atoms. The summed E-state index contributed by atoms with van der Waals surface area (Å²) in [6.07, 6.45) is 0. The van der Waals surface area contributed by atoms with Crippen molar-refractivity contribution < 1.29 is 0 Å². The summed E-state index contributed by atoms with van der Waals surface area (Å²) in [4.78, 5) is 0. The average Bonchev–Trinajstić information content (AvgIpc) is 3.22. The molecule has 2 heteroatoms. The van der Waals surface area contributed by atoms with E-state index in [9.17, 15) is 0 Å². The lowest BCUT2D eigenvalue weighted by Gasteiger charge is -2.42. The van der Waals surface area contributed by atoms with E-state index in [4.69, 9.17) is 0 Å². The van der Waals surface area contributed by atoms with E-state index in [0.29, 0.717) is 0 Å². The molecule has 0 saturated carbocycles. The van der Waals surface area contributed by atoms with Crippen LogP contribution in [0.25, 0.3) is 27.5 Å². The van der Waals surface area contributed by atoms with Crippen LogP contribution in [-0.2, 0) is 5.41 Å². The molecule has 0 N–H and O–H groups in total. The minimum atomic E-state index is -0.443. The Morgan fingerprint density at radius 3 is 1.88 bits per heavy atom. The fourth-order valence-electron chi connectivity index (χ4n) is 5.90. The molecule has 0 fully saturated rings. The Morgan fingerprint density at radius 2 is 1.15 bits per heavy atom. The topological polar surface area (TPSA) is 4.93 Å². The molecular formula is C31H20BrN. The number of fused-ring (bicyclic) bond motifs is 5. The minimum Gasteiger partial charge on any atom is -0.309 e. The predicted molar refractivity (Wildman–Crippen MR) is 140 cm³/mol. The molecule has 1 aliphatic rings. The Hall–Kier alpha value is -3.62. The summed E-state index contributed by atoms with van der Waals surface area (Å²) in [6.45, 7) is 0. The zero-order chi connectivity index (χ0) is 22.0. The van der Waals surface area contributed by atoms with Crippen LogP contribution >= 0.6 is 15.9 Å². The zero-order valence-electron chi connectivity index (χ0n) is 17.9. The van der Waals surface area contributed by atoms with Crippen molar-refractivity contribution >= 4 is 37.7 Å². The van der Waals surface area contributed by atoms with Crippen LogP contribution < -0.4 is 0 Å². The van der Waals surface area contributed by atoms with Crippen LogP contribution in [0.15, 0.2) is 126 Å². The number of benzene rings is 5. The van der Waals surface area contributed by atoms with Gasteiger partial charge in [0.15, 0.2) is 0 Å². The molecule has 1 nitrogen and oxygen atoms in total. The minimum absolute atomic E-state index is 0.443. The van der Waals surface area contributed by atoms with E-state index in [1.54, 1.807) is 0 Å². The van der Waals surface area contributed by atoms with Crippen LogP contribution in [0, 0.1) is 0 Å². The van der Waals surface area contributed by atoms with Crippen LogP contribution in [0.5, 0.6) is 0 Å². The molecule has 1 aromatic heterocycles. The molecule has 0 atom stereocenters. The van der Waals surface area contributed by atoms with Crippen molar-refractivity contribution in [2.45, 2.75) is 5.41 Å². The third kappa shape index (κ3) is 2.37. The summed E-state index contributed by atoms with van der Waals surface area (Å²) in [5, 5.41) is 2.57. The lowest BCUT2D eigenvalue weighted by molar-refractivity contribution is 0.724. The average molecular weight is 486 g/mol. The summed E-state index contributed by atoms with van der Waals surface area (Å²) < 4.78 is 3.59. The van der Waals surface area contributed by atoms with Gasteiger partial charge in [-0.25, -0.2) is 0 Å². The summed E-state index contributed by atoms with van der Waals surface area (Å²) in [5.74, 6) is 0. The Bertz CT molecular complexity index is 1620. The molecule has 0 unspecified atom stereocenters. The number of hydrogen-bond acceptors (Lipinski definition) is 0. The quantitative estimate of drug-likeness (QED) is 0.232. The molecule has 0 bridgehead atoms. The van der Waals surface area contributed by atoms with Gasteiger partial charge < -0.3 is 4.57 Å². The van der Waals surface area contributed by atoms with Crippen molar-refractivity contribution in [2.75, 3.05) is 0 Å². The molecule has 7 rings (SSSR count). The molecule has 0 saturated heterocycles. The first-order valence-corrected chi connectivity index (χ1v) is 12.0. The van der Waals surface area contributed by atoms with Gasteiger partial charge in [-0.15, -0.1) is 0 Å². The van der Waals surface area contributed by atoms with E-state index in [2.05, 4.69) is 142 Å². The molecule has 5 aromatic carbocycles. The third-order valence-electron chi connectivity index (χ3n) is 7.12. The van der Waals surface area contributed by atoms with Crippen molar-refractivity contribution in [3.05, 3.63) is 148 Å². The van der Waals surface area contributed by atoms with Crippen molar-refractivity contribution in [2.24, 2.45) is 0 Å². The molecule has 0 aliphatic carbocycles. The molecule has 0 amide bonds. The Labute approximate surface area is 201 Å². The summed E-state index contributed by atoms with van der Waals surface area (Å²) >= 11 is 4.01. The van der Waals surface area contributed by atoms with Crippen molar-refractivity contribution in [1.29, 1.82) is 0 Å². The SMILES string of the molecule is Brc1ccc2c3ccccc3n3c2c1C(c1ccccc1)(c1ccccc1)c1ccccc1-3. The monoisotopic (exact) mass is 485 g/mol. The van der Waals surface area contributed by atoms with Crippen LogP contribution in [0.2, 0.25) is 0 Å². The first kappa shape index (κ1) is 18.9. The lowest BCUT2D eigenvalue weighted by atomic mass is 9.63. The number of para-hydroxylation sites is 2. The highest BCUT2D eigenvalue weighted by Gasteiger charge is 2.46. The molecule has 2 heterocycles. The van der Waals surface area contributed by atoms with Gasteiger partial charge in [0.2, 0.25) is 0 Å². The van der Waals surface area contributed by atoms with E-state index in [1.165, 1.54) is 49.7 Å². The normalized spacial score (nSPS) is 13.8. The van der Waals surface area contributed by atoms with Gasteiger partial charge in [-0.1, -0.05) is 119 Å². The van der Waals surface area contributed by atoms with Crippen molar-refractivity contribution in [1.82, 2.24) is 4.57 Å². The standard InChI is InChI=1S/C31H20BrN/c32-26-20-19-24-23-15-7-9-17-27(23)33-28-18-10-8-16-25(28)31(29(26)30(24)33,21-11-3-1-4-12-21)22-13-5-2-6-14-22/h1-20H. The van der Waals surface area contributed by atoms with E-state index >= 15 is 0 Å². The summed E-state index contributed by atoms with van der Waals surface area (Å²) in [6, 6.07) is 44.0. The summed E-state index contributed by atoms with van der Waals surface area (Å²) in [5.41, 5.74) is 8.45. The van der Waals surface area contributed by atoms with Gasteiger partial charge in [0.1, 0.15) is 0 Å². The lowest BCUT2D eigenvalue weighted by Crippen LogP contribution is -2.35. The Kier molecular flexibility index (Phi) is 3.97. The molecule has 6 aromatic rings. The van der Waals surface area contributed by atoms with Crippen LogP contribution in [-0.4, -0.2) is 4.57 Å². The molecule has 0 radical (unpaired) electrons. The molecular weight excluding hydrogens is 466 g/mol. The molecule has 1 aliphatic heterocycles. The van der Waals surface area contributed by atoms with Gasteiger partial charge in [0, 0.05) is 20.8 Å². The van der Waals surface area contributed by atoms with E-state index in [-0.39, 0.29) is 0 Å². The zero-order valence-corrected chi connectivity index (χ0v) is 19.5. The second-order valence-electron chi connectivity index (χ2n) is 8.67. The van der Waals surface area contributed by atoms with Gasteiger partial charge in [-0.05, 0) is 34.9 Å². The molecule has 33 heavy (non-hydrogen) atoms. The van der Waals surface area contributed by atoms with Crippen molar-refractivity contribution in [3.63, 3.8) is 0 Å². The number of hydrogen-bond donors (Lipinski definition) is 0. The Morgan fingerprint density at radius 1 is 0.545 bits per heavy atom. The smallest absolute Gasteiger partial charge is 0.0753 e. The predicted octanol–water partition coefficient (Wildman–Crippen LogP) is 8.24. The third-order valence-corrected chi connectivity index (χ3v) is 7.78. The second-order valence-corrected chi connectivity index (χ2v) is 9.52. The highest BCUT2D eigenvalue weighted by molar-refractivity contribution is 9.10. The van der Waals surface area contributed by atoms with Gasteiger partial charge in [-0.2, -0.15) is 0 Å². The van der Waals surface area contributed by atoms with E-state index < -0.39 is 5.41 Å². The van der Waals surface area contributed by atoms with E-state index in [1.807, 2.05) is 0 Å². The first-order valence-electron chi connectivity index (χ1n) is 11.2. The fraction of sp³-hybridized carbons (Fsp3) is 0.0323. The fourth-order valence-corrected chi connectivity index (χ4v) is 6.52. The Balaban J connectivity index is 1.82. The number of nitrogens with zero attached hydrogens (tertiary/aromatic N) is 1. The number of rotatable bonds is 2. The largest absolute Gasteiger partial charge is 0.309 e. The van der Waals surface area contributed by atoms with Gasteiger partial charge in [-0.3, -0.25) is 0 Å². The van der Waals surface area contributed by atoms with E-state index in [0.717, 1.165) is 4.47 Å². The maximum atomic E-state index is 4.01. The van der Waals surface area contributed by atoms with Crippen LogP contribution in [0.3, 0.4) is 0 Å². The number of aromatic nitrogens is 1. The highest BCUT2D eigenvalue weighted by Crippen LogP contribution is 2.55. The maximum Gasteiger partial charge on any atom is 0.0753 e. The van der Waals surface area contributed by atoms with Gasteiger partial charge in [0.25, 0.3) is 0 Å². The molecule has 156 valence electrons. The summed E-state index contributed by atoms with van der Waals surface area (Å²) in [7, 11) is 0. The number of halogens is 1. The van der Waals surface area contributed by atoms with Crippen molar-refractivity contribution in [3.8, 4) is 5.69 Å². The van der Waals surface area contributed by atoms with Gasteiger partial charge in [0.05, 0.1) is 22.1 Å². The van der Waals surface area contributed by atoms with Crippen LogP contribution in [0.4, 0.5) is 0 Å². The van der Waals surface area contributed by atoms with Crippen LogP contribution in [0.1, 0.15) is 22.3 Å². The second kappa shape index (κ2) is 6.94. The first-order chi connectivity index (χ1) is 16.3. The highest BCUT2D eigenvalue weighted by atomic mass is 79.9. The maximum absolute atomic E-state index is 4.01. The van der Waals surface area contributed by atoms with Gasteiger partial charge >= 0.3 is 0 Å².